The summed E-state index contributed by atoms with van der Waals surface area (Å²) in [5.74, 6) is 1.69. The fourth-order valence-electron chi connectivity index (χ4n) is 4.56. The number of piperidine rings is 1. The minimum atomic E-state index is 0.281. The Morgan fingerprint density at radius 1 is 1.20 bits per heavy atom. The summed E-state index contributed by atoms with van der Waals surface area (Å²) in [4.78, 5) is 27.2. The van der Waals surface area contributed by atoms with Crippen LogP contribution in [0.1, 0.15) is 19.3 Å². The second-order valence-electron chi connectivity index (χ2n) is 7.52. The molecule has 1 amide bonds. The normalized spacial score (nSPS) is 25.5. The van der Waals surface area contributed by atoms with Gasteiger partial charge >= 0.3 is 0 Å². The van der Waals surface area contributed by atoms with Gasteiger partial charge < -0.3 is 15.1 Å². The maximum atomic E-state index is 12.9. The van der Waals surface area contributed by atoms with E-state index in [2.05, 4.69) is 36.5 Å². The van der Waals surface area contributed by atoms with E-state index in [1.165, 1.54) is 12.8 Å². The molecule has 3 fully saturated rings. The third-order valence-corrected chi connectivity index (χ3v) is 7.04. The van der Waals surface area contributed by atoms with Crippen LogP contribution in [0.2, 0.25) is 0 Å². The third-order valence-electron chi connectivity index (χ3n) is 6.22. The maximum Gasteiger partial charge on any atom is 0.226 e. The molecule has 0 aromatic carbocycles. The van der Waals surface area contributed by atoms with Gasteiger partial charge in [0.15, 0.2) is 0 Å². The van der Waals surface area contributed by atoms with E-state index in [0.29, 0.717) is 11.3 Å². The molecule has 1 aliphatic carbocycles. The highest BCUT2D eigenvalue weighted by Gasteiger charge is 2.58. The molecule has 0 bridgehead atoms. The molecule has 2 saturated heterocycles. The van der Waals surface area contributed by atoms with Crippen molar-refractivity contribution in [1.29, 1.82) is 0 Å². The van der Waals surface area contributed by atoms with E-state index < -0.39 is 0 Å². The van der Waals surface area contributed by atoms with Crippen molar-refractivity contribution >= 4 is 33.3 Å². The number of anilines is 1. The largest absolute Gasteiger partial charge is 0.352 e. The van der Waals surface area contributed by atoms with Gasteiger partial charge in [-0.3, -0.25) is 4.79 Å². The van der Waals surface area contributed by atoms with Crippen molar-refractivity contribution in [3.63, 3.8) is 0 Å². The van der Waals surface area contributed by atoms with Gasteiger partial charge in [0.1, 0.15) is 17.0 Å². The molecule has 1 N–H and O–H groups in total. The molecule has 5 rings (SSSR count). The summed E-state index contributed by atoms with van der Waals surface area (Å²) < 4.78 is 0. The van der Waals surface area contributed by atoms with Crippen molar-refractivity contribution in [3.8, 4) is 0 Å². The van der Waals surface area contributed by atoms with Crippen molar-refractivity contribution in [2.24, 2.45) is 11.3 Å². The summed E-state index contributed by atoms with van der Waals surface area (Å²) in [5.41, 5.74) is 0.328. The lowest BCUT2D eigenvalue weighted by Gasteiger charge is -2.36. The van der Waals surface area contributed by atoms with Crippen LogP contribution in [0, 0.1) is 11.3 Å². The van der Waals surface area contributed by atoms with Crippen molar-refractivity contribution in [1.82, 2.24) is 20.2 Å². The molecule has 132 valence electrons. The predicted octanol–water partition coefficient (Wildman–Crippen LogP) is 1.73. The monoisotopic (exact) mass is 357 g/mol. The smallest absolute Gasteiger partial charge is 0.226 e. The van der Waals surface area contributed by atoms with E-state index in [0.717, 1.165) is 61.7 Å². The van der Waals surface area contributed by atoms with E-state index in [1.807, 2.05) is 0 Å². The summed E-state index contributed by atoms with van der Waals surface area (Å²) in [5, 5.41) is 6.60. The van der Waals surface area contributed by atoms with Crippen molar-refractivity contribution in [2.45, 2.75) is 19.3 Å². The van der Waals surface area contributed by atoms with Crippen LogP contribution < -0.4 is 10.2 Å². The Morgan fingerprint density at radius 3 is 2.80 bits per heavy atom. The average molecular weight is 357 g/mol. The van der Waals surface area contributed by atoms with Gasteiger partial charge in [0.2, 0.25) is 5.91 Å². The van der Waals surface area contributed by atoms with Gasteiger partial charge in [-0.2, -0.15) is 0 Å². The molecule has 1 spiro atoms. The minimum absolute atomic E-state index is 0.281. The predicted molar refractivity (Wildman–Crippen MR) is 98.9 cm³/mol. The summed E-state index contributed by atoms with van der Waals surface area (Å²) in [7, 11) is 0. The molecule has 6 nitrogen and oxygen atoms in total. The molecule has 2 aliphatic heterocycles. The van der Waals surface area contributed by atoms with E-state index in [1.54, 1.807) is 17.7 Å². The van der Waals surface area contributed by atoms with E-state index in [4.69, 9.17) is 0 Å². The van der Waals surface area contributed by atoms with Gasteiger partial charge in [-0.15, -0.1) is 11.3 Å². The van der Waals surface area contributed by atoms with Crippen LogP contribution in [0.25, 0.3) is 10.2 Å². The second-order valence-corrected chi connectivity index (χ2v) is 8.41. The molecular formula is C18H23N5OS. The molecule has 2 aromatic rings. The highest BCUT2D eigenvalue weighted by Crippen LogP contribution is 2.59. The van der Waals surface area contributed by atoms with Crippen LogP contribution in [0.4, 0.5) is 5.82 Å². The van der Waals surface area contributed by atoms with Crippen LogP contribution in [-0.2, 0) is 4.79 Å². The lowest BCUT2D eigenvalue weighted by atomic mass is 9.91. The molecule has 3 aliphatic rings. The Kier molecular flexibility index (Phi) is 3.67. The summed E-state index contributed by atoms with van der Waals surface area (Å²) in [6.07, 6.45) is 5.09. The second kappa shape index (κ2) is 5.92. The van der Waals surface area contributed by atoms with Gasteiger partial charge in [-0.1, -0.05) is 0 Å². The van der Waals surface area contributed by atoms with Crippen molar-refractivity contribution in [3.05, 3.63) is 17.8 Å². The fraction of sp³-hybridized carbons (Fsp3) is 0.611. The zero-order valence-corrected chi connectivity index (χ0v) is 15.1. The Bertz CT molecular complexity index is 792. The number of nitrogens with zero attached hydrogens (tertiary/aromatic N) is 4. The van der Waals surface area contributed by atoms with Crippen LogP contribution in [-0.4, -0.2) is 60.0 Å². The third kappa shape index (κ3) is 2.60. The number of carbonyl (C=O) groups is 1. The summed E-state index contributed by atoms with van der Waals surface area (Å²) >= 11 is 1.65. The number of carbonyl (C=O) groups excluding carboxylic acids is 1. The van der Waals surface area contributed by atoms with Crippen LogP contribution in [0.5, 0.6) is 0 Å². The molecule has 7 heteroatoms. The number of hydrogen-bond acceptors (Lipinski definition) is 6. The zero-order chi connectivity index (χ0) is 16.9. The zero-order valence-electron chi connectivity index (χ0n) is 14.3. The summed E-state index contributed by atoms with van der Waals surface area (Å²) in [6, 6.07) is 2.10. The summed E-state index contributed by atoms with van der Waals surface area (Å²) in [6.45, 7) is 5.46. The van der Waals surface area contributed by atoms with E-state index >= 15 is 0 Å². The van der Waals surface area contributed by atoms with E-state index in [-0.39, 0.29) is 5.92 Å². The number of thiophene rings is 1. The Labute approximate surface area is 151 Å². The number of aromatic nitrogens is 2. The number of hydrogen-bond donors (Lipinski definition) is 1. The first-order valence-corrected chi connectivity index (χ1v) is 10.1. The molecule has 2 aromatic heterocycles. The number of amides is 1. The average Bonchev–Trinajstić information content (AvgIpc) is 3.13. The Hall–Kier alpha value is -1.73. The molecule has 25 heavy (non-hydrogen) atoms. The van der Waals surface area contributed by atoms with Gasteiger partial charge in [-0.05, 0) is 49.2 Å². The van der Waals surface area contributed by atoms with E-state index in [9.17, 15) is 4.79 Å². The van der Waals surface area contributed by atoms with Gasteiger partial charge in [0.25, 0.3) is 0 Å². The van der Waals surface area contributed by atoms with Crippen LogP contribution in [0.3, 0.4) is 0 Å². The highest BCUT2D eigenvalue weighted by molar-refractivity contribution is 7.16. The topological polar surface area (TPSA) is 61.4 Å². The molecule has 4 heterocycles. The number of piperazine rings is 1. The van der Waals surface area contributed by atoms with Crippen molar-refractivity contribution in [2.75, 3.05) is 44.2 Å². The minimum Gasteiger partial charge on any atom is -0.352 e. The standard InChI is InChI=1S/C18H23N5OS/c24-17(14-11-18(14)2-4-19-5-3-18)23-8-6-22(7-9-23)15-13-1-10-25-16(13)21-12-20-15/h1,10,12,14,19H,2-9,11H2. The molecule has 1 atom stereocenters. The Morgan fingerprint density at radius 2 is 2.00 bits per heavy atom. The van der Waals surface area contributed by atoms with Gasteiger partial charge in [0, 0.05) is 32.1 Å². The fourth-order valence-corrected chi connectivity index (χ4v) is 5.29. The van der Waals surface area contributed by atoms with Gasteiger partial charge in [-0.25, -0.2) is 9.97 Å². The first-order valence-electron chi connectivity index (χ1n) is 9.20. The first-order chi connectivity index (χ1) is 12.3. The maximum absolute atomic E-state index is 12.9. The van der Waals surface area contributed by atoms with Crippen molar-refractivity contribution < 1.29 is 4.79 Å². The number of rotatable bonds is 2. The lowest BCUT2D eigenvalue weighted by molar-refractivity contribution is -0.133. The van der Waals surface area contributed by atoms with Crippen LogP contribution >= 0.6 is 11.3 Å². The highest BCUT2D eigenvalue weighted by atomic mass is 32.1. The number of fused-ring (bicyclic) bond motifs is 1. The van der Waals surface area contributed by atoms with Gasteiger partial charge in [0.05, 0.1) is 5.39 Å². The molecular weight excluding hydrogens is 334 g/mol. The molecule has 1 saturated carbocycles. The number of nitrogens with one attached hydrogen (secondary N) is 1. The lowest BCUT2D eigenvalue weighted by Crippen LogP contribution is -2.50. The molecule has 0 radical (unpaired) electrons. The Balaban J connectivity index is 1.24. The quantitative estimate of drug-likeness (QED) is 0.887. The molecule has 1 unspecified atom stereocenters. The van der Waals surface area contributed by atoms with Crippen LogP contribution in [0.15, 0.2) is 17.8 Å². The SMILES string of the molecule is O=C(C1CC12CCNCC2)N1CCN(c2ncnc3sccc23)CC1. The first kappa shape index (κ1) is 15.5.